The van der Waals surface area contributed by atoms with Crippen LogP contribution in [0, 0.1) is 11.8 Å². The molecule has 1 aliphatic heterocycles. The fourth-order valence-corrected chi connectivity index (χ4v) is 2.73. The molecule has 2 rings (SSSR count). The van der Waals surface area contributed by atoms with Crippen LogP contribution in [0.2, 0.25) is 0 Å². The van der Waals surface area contributed by atoms with Crippen LogP contribution in [0.4, 0.5) is 18.0 Å². The van der Waals surface area contributed by atoms with E-state index in [0.29, 0.717) is 6.42 Å². The number of urea groups is 1. The topological polar surface area (TPSA) is 61.4 Å². The summed E-state index contributed by atoms with van der Waals surface area (Å²) in [6, 6.07) is -2.72. The fraction of sp³-hybridized carbons (Fsp3) is 0.867. The molecule has 3 amide bonds. The maximum Gasteiger partial charge on any atom is 0.408 e. The zero-order chi connectivity index (χ0) is 17.2. The average Bonchev–Trinajstić information content (AvgIpc) is 2.35. The van der Waals surface area contributed by atoms with Gasteiger partial charge >= 0.3 is 12.2 Å². The van der Waals surface area contributed by atoms with Crippen LogP contribution in [0.1, 0.15) is 39.5 Å². The van der Waals surface area contributed by atoms with Gasteiger partial charge in [-0.3, -0.25) is 4.79 Å². The van der Waals surface area contributed by atoms with E-state index in [0.717, 1.165) is 19.3 Å². The van der Waals surface area contributed by atoms with E-state index in [1.807, 2.05) is 0 Å². The van der Waals surface area contributed by atoms with Gasteiger partial charge in [-0.1, -0.05) is 26.7 Å². The Bertz CT molecular complexity index is 446. The summed E-state index contributed by atoms with van der Waals surface area (Å²) in [4.78, 5) is 25.0. The molecule has 0 aromatic heterocycles. The SMILES string of the molecule is CC[C@@H](C)[C@H](NC(=O)N1CC(NC(=O)C2CCC2)C1)C(F)(F)F. The molecular formula is C15H24F3N3O2. The summed E-state index contributed by atoms with van der Waals surface area (Å²) in [6.07, 6.45) is -1.29. The largest absolute Gasteiger partial charge is 0.408 e. The van der Waals surface area contributed by atoms with Gasteiger partial charge in [-0.15, -0.1) is 0 Å². The molecule has 1 saturated carbocycles. The lowest BCUT2D eigenvalue weighted by molar-refractivity contribution is -0.164. The predicted octanol–water partition coefficient (Wildman–Crippen LogP) is 2.27. The maximum absolute atomic E-state index is 13.0. The molecule has 0 unspecified atom stereocenters. The van der Waals surface area contributed by atoms with E-state index < -0.39 is 24.2 Å². The number of rotatable bonds is 5. The van der Waals surface area contributed by atoms with E-state index in [9.17, 15) is 22.8 Å². The number of nitrogens with one attached hydrogen (secondary N) is 2. The molecule has 132 valence electrons. The first-order chi connectivity index (χ1) is 10.7. The number of nitrogens with zero attached hydrogens (tertiary/aromatic N) is 1. The normalized spacial score (nSPS) is 21.9. The molecule has 2 atom stereocenters. The quantitative estimate of drug-likeness (QED) is 0.810. The summed E-state index contributed by atoms with van der Waals surface area (Å²) in [6.45, 7) is 3.64. The van der Waals surface area contributed by atoms with Gasteiger partial charge in [-0.25, -0.2) is 4.79 Å². The van der Waals surface area contributed by atoms with E-state index in [1.54, 1.807) is 6.92 Å². The monoisotopic (exact) mass is 335 g/mol. The van der Waals surface area contributed by atoms with Crippen molar-refractivity contribution in [3.8, 4) is 0 Å². The highest BCUT2D eigenvalue weighted by Gasteiger charge is 2.45. The molecule has 8 heteroatoms. The molecular weight excluding hydrogens is 311 g/mol. The second kappa shape index (κ2) is 6.97. The Labute approximate surface area is 134 Å². The minimum Gasteiger partial charge on any atom is -0.350 e. The molecule has 0 bridgehead atoms. The van der Waals surface area contributed by atoms with Crippen molar-refractivity contribution in [3.63, 3.8) is 0 Å². The van der Waals surface area contributed by atoms with Crippen molar-refractivity contribution in [3.05, 3.63) is 0 Å². The van der Waals surface area contributed by atoms with E-state index >= 15 is 0 Å². The first-order valence-corrected chi connectivity index (χ1v) is 8.14. The lowest BCUT2D eigenvalue weighted by Gasteiger charge is -2.41. The summed E-state index contributed by atoms with van der Waals surface area (Å²) in [5.74, 6) is -0.624. The average molecular weight is 335 g/mol. The maximum atomic E-state index is 13.0. The van der Waals surface area contributed by atoms with E-state index in [-0.39, 0.29) is 31.0 Å². The van der Waals surface area contributed by atoms with Crippen LogP contribution in [-0.4, -0.2) is 48.2 Å². The second-order valence-electron chi connectivity index (χ2n) is 6.59. The molecule has 5 nitrogen and oxygen atoms in total. The van der Waals surface area contributed by atoms with Gasteiger partial charge in [0.2, 0.25) is 5.91 Å². The standard InChI is InChI=1S/C15H24F3N3O2/c1-3-9(2)12(15(16,17)18)20-14(23)21-7-11(8-21)19-13(22)10-5-4-6-10/h9-12H,3-8H2,1-2H3,(H,19,22)(H,20,23)/t9-,12+/m1/s1. The number of halogens is 3. The molecule has 1 aliphatic carbocycles. The third-order valence-electron chi connectivity index (χ3n) is 4.84. The zero-order valence-corrected chi connectivity index (χ0v) is 13.4. The van der Waals surface area contributed by atoms with Gasteiger partial charge in [-0.05, 0) is 18.8 Å². The molecule has 0 radical (unpaired) electrons. The van der Waals surface area contributed by atoms with Gasteiger partial charge < -0.3 is 15.5 Å². The van der Waals surface area contributed by atoms with Crippen LogP contribution < -0.4 is 10.6 Å². The summed E-state index contributed by atoms with van der Waals surface area (Å²) < 4.78 is 39.0. The van der Waals surface area contributed by atoms with Crippen molar-refractivity contribution < 1.29 is 22.8 Å². The molecule has 1 heterocycles. The van der Waals surface area contributed by atoms with Gasteiger partial charge in [0, 0.05) is 19.0 Å². The molecule has 1 saturated heterocycles. The van der Waals surface area contributed by atoms with E-state index in [2.05, 4.69) is 10.6 Å². The van der Waals surface area contributed by atoms with Crippen LogP contribution in [-0.2, 0) is 4.79 Å². The van der Waals surface area contributed by atoms with Crippen LogP contribution in [0.5, 0.6) is 0 Å². The summed E-state index contributed by atoms with van der Waals surface area (Å²) in [5, 5.41) is 4.92. The van der Waals surface area contributed by atoms with Crippen LogP contribution in [0.15, 0.2) is 0 Å². The third kappa shape index (κ3) is 4.29. The van der Waals surface area contributed by atoms with Crippen molar-refractivity contribution in [2.45, 2.75) is 57.8 Å². The summed E-state index contributed by atoms with van der Waals surface area (Å²) >= 11 is 0. The number of carbonyl (C=O) groups excluding carboxylic acids is 2. The Balaban J connectivity index is 1.77. The van der Waals surface area contributed by atoms with Crippen LogP contribution in [0.3, 0.4) is 0 Å². The summed E-state index contributed by atoms with van der Waals surface area (Å²) in [5.41, 5.74) is 0. The van der Waals surface area contributed by atoms with Gasteiger partial charge in [0.05, 0.1) is 6.04 Å². The van der Waals surface area contributed by atoms with Gasteiger partial charge in [0.25, 0.3) is 0 Å². The van der Waals surface area contributed by atoms with Crippen molar-refractivity contribution in [1.82, 2.24) is 15.5 Å². The first kappa shape index (κ1) is 17.9. The Morgan fingerprint density at radius 2 is 1.87 bits per heavy atom. The Morgan fingerprint density at radius 3 is 2.30 bits per heavy atom. The number of hydrogen-bond donors (Lipinski definition) is 2. The Hall–Kier alpha value is -1.47. The Morgan fingerprint density at radius 1 is 1.26 bits per heavy atom. The van der Waals surface area contributed by atoms with Crippen LogP contribution >= 0.6 is 0 Å². The first-order valence-electron chi connectivity index (χ1n) is 8.14. The van der Waals surface area contributed by atoms with Crippen molar-refractivity contribution >= 4 is 11.9 Å². The van der Waals surface area contributed by atoms with Gasteiger partial charge in [0.15, 0.2) is 0 Å². The number of amides is 3. The zero-order valence-electron chi connectivity index (χ0n) is 13.4. The number of carbonyl (C=O) groups is 2. The fourth-order valence-electron chi connectivity index (χ4n) is 2.73. The Kier molecular flexibility index (Phi) is 5.41. The number of likely N-dealkylation sites (tertiary alicyclic amines) is 1. The van der Waals surface area contributed by atoms with E-state index in [1.165, 1.54) is 11.8 Å². The molecule has 2 fully saturated rings. The third-order valence-corrected chi connectivity index (χ3v) is 4.84. The lowest BCUT2D eigenvalue weighted by Crippen LogP contribution is -2.65. The molecule has 0 aromatic rings. The number of alkyl halides is 3. The molecule has 2 aliphatic rings. The second-order valence-corrected chi connectivity index (χ2v) is 6.59. The van der Waals surface area contributed by atoms with Crippen molar-refractivity contribution in [1.29, 1.82) is 0 Å². The number of hydrogen-bond acceptors (Lipinski definition) is 2. The smallest absolute Gasteiger partial charge is 0.350 e. The minimum absolute atomic E-state index is 0.00548. The summed E-state index contributed by atoms with van der Waals surface area (Å²) in [7, 11) is 0. The van der Waals surface area contributed by atoms with Crippen molar-refractivity contribution in [2.75, 3.05) is 13.1 Å². The molecule has 0 aromatic carbocycles. The minimum atomic E-state index is -4.46. The van der Waals surface area contributed by atoms with Crippen molar-refractivity contribution in [2.24, 2.45) is 11.8 Å². The van der Waals surface area contributed by atoms with Crippen LogP contribution in [0.25, 0.3) is 0 Å². The predicted molar refractivity (Wildman–Crippen MR) is 78.7 cm³/mol. The molecule has 2 N–H and O–H groups in total. The molecule has 0 spiro atoms. The van der Waals surface area contributed by atoms with Gasteiger partial charge in [0.1, 0.15) is 6.04 Å². The molecule has 23 heavy (non-hydrogen) atoms. The lowest BCUT2D eigenvalue weighted by atomic mass is 9.84. The highest BCUT2D eigenvalue weighted by molar-refractivity contribution is 5.80. The van der Waals surface area contributed by atoms with Gasteiger partial charge in [-0.2, -0.15) is 13.2 Å². The van der Waals surface area contributed by atoms with E-state index in [4.69, 9.17) is 0 Å². The highest BCUT2D eigenvalue weighted by atomic mass is 19.4. The highest BCUT2D eigenvalue weighted by Crippen LogP contribution is 2.28.